The van der Waals surface area contributed by atoms with E-state index in [9.17, 15) is 0 Å². The Hall–Kier alpha value is -1.84. The van der Waals surface area contributed by atoms with Crippen LogP contribution in [-0.4, -0.2) is 0 Å². The maximum atomic E-state index is 5.05. The van der Waals surface area contributed by atoms with Gasteiger partial charge in [-0.05, 0) is 40.5 Å². The molecule has 108 valence electrons. The minimum atomic E-state index is -0.191. The van der Waals surface area contributed by atoms with Crippen molar-refractivity contribution < 1.29 is 0 Å². The first-order valence-corrected chi connectivity index (χ1v) is 9.23. The second-order valence-corrected chi connectivity index (χ2v) is 7.84. The van der Waals surface area contributed by atoms with E-state index in [-0.39, 0.29) is 10.7 Å². The third-order valence-electron chi connectivity index (χ3n) is 3.55. The molecule has 1 heterocycles. The van der Waals surface area contributed by atoms with Crippen LogP contribution in [0.2, 0.25) is 0 Å². The molecule has 4 rings (SSSR count). The van der Waals surface area contributed by atoms with Crippen LogP contribution in [-0.2, 0) is 17.2 Å². The van der Waals surface area contributed by atoms with Gasteiger partial charge in [0.05, 0.1) is 6.54 Å². The van der Waals surface area contributed by atoms with E-state index >= 15 is 0 Å². The molecule has 3 aromatic carbocycles. The zero-order valence-corrected chi connectivity index (χ0v) is 13.6. The summed E-state index contributed by atoms with van der Waals surface area (Å²) < 4.78 is 5.05. The first kappa shape index (κ1) is 13.8. The number of fused-ring (bicyclic) bond motifs is 2. The highest BCUT2D eigenvalue weighted by atomic mass is 32.2. The Kier molecular flexibility index (Phi) is 3.83. The molecular weight excluding hydrogens is 306 g/mol. The lowest BCUT2D eigenvalue weighted by Gasteiger charge is -2.21. The van der Waals surface area contributed by atoms with Gasteiger partial charge in [-0.3, -0.25) is 4.36 Å². The van der Waals surface area contributed by atoms with Crippen molar-refractivity contribution in [3.05, 3.63) is 84.4 Å². The molecule has 0 aliphatic carbocycles. The first-order chi connectivity index (χ1) is 10.9. The fourth-order valence-electron chi connectivity index (χ4n) is 2.49. The van der Waals surface area contributed by atoms with Crippen LogP contribution in [0.1, 0.15) is 5.56 Å². The summed E-state index contributed by atoms with van der Waals surface area (Å²) >= 11 is 1.85. The standard InChI is InChI=1S/C19H15NS2/c1-2-8-15(9-3-1)14-20-22-18-12-6-4-10-16(18)21-17-11-5-7-13-19(17)22/h1-13H,14H2. The predicted molar refractivity (Wildman–Crippen MR) is 93.5 cm³/mol. The average Bonchev–Trinajstić information content (AvgIpc) is 2.59. The summed E-state index contributed by atoms with van der Waals surface area (Å²) in [6, 6.07) is 27.8. The van der Waals surface area contributed by atoms with Crippen LogP contribution in [0.5, 0.6) is 0 Å². The van der Waals surface area contributed by atoms with Crippen molar-refractivity contribution in [2.75, 3.05) is 0 Å². The molecule has 0 atom stereocenters. The highest BCUT2D eigenvalue weighted by molar-refractivity contribution is 8.01. The van der Waals surface area contributed by atoms with Crippen molar-refractivity contribution in [1.29, 1.82) is 0 Å². The fourth-order valence-corrected chi connectivity index (χ4v) is 5.80. The molecule has 22 heavy (non-hydrogen) atoms. The summed E-state index contributed by atoms with van der Waals surface area (Å²) in [6.45, 7) is 0.761. The molecule has 0 spiro atoms. The highest BCUT2D eigenvalue weighted by Crippen LogP contribution is 2.43. The summed E-state index contributed by atoms with van der Waals surface area (Å²) in [5, 5.41) is 0. The van der Waals surface area contributed by atoms with Gasteiger partial charge in [0.15, 0.2) is 0 Å². The van der Waals surface area contributed by atoms with Gasteiger partial charge in [0.1, 0.15) is 0 Å². The Morgan fingerprint density at radius 3 is 1.86 bits per heavy atom. The van der Waals surface area contributed by atoms with Crippen molar-refractivity contribution in [3.63, 3.8) is 0 Å². The van der Waals surface area contributed by atoms with Gasteiger partial charge in [0, 0.05) is 19.6 Å². The molecule has 0 unspecified atom stereocenters. The third-order valence-corrected chi connectivity index (χ3v) is 6.90. The van der Waals surface area contributed by atoms with Crippen molar-refractivity contribution >= 4 is 22.5 Å². The van der Waals surface area contributed by atoms with Crippen molar-refractivity contribution in [3.8, 4) is 0 Å². The van der Waals surface area contributed by atoms with Crippen LogP contribution in [0.3, 0.4) is 0 Å². The lowest BCUT2D eigenvalue weighted by atomic mass is 10.2. The maximum Gasteiger partial charge on any atom is 0.0716 e. The van der Waals surface area contributed by atoms with Gasteiger partial charge in [-0.1, -0.05) is 66.4 Å². The minimum Gasteiger partial charge on any atom is -0.250 e. The van der Waals surface area contributed by atoms with Gasteiger partial charge >= 0.3 is 0 Å². The largest absolute Gasteiger partial charge is 0.250 e. The van der Waals surface area contributed by atoms with Crippen molar-refractivity contribution in [2.45, 2.75) is 26.1 Å². The zero-order chi connectivity index (χ0) is 14.8. The fraction of sp³-hybridized carbons (Fsp3) is 0.0526. The van der Waals surface area contributed by atoms with Crippen molar-refractivity contribution in [1.82, 2.24) is 0 Å². The molecule has 0 aromatic heterocycles. The summed E-state index contributed by atoms with van der Waals surface area (Å²) in [7, 11) is -0.191. The van der Waals surface area contributed by atoms with Crippen LogP contribution >= 0.6 is 11.8 Å². The Morgan fingerprint density at radius 2 is 1.23 bits per heavy atom. The second kappa shape index (κ2) is 6.11. The number of nitrogens with zero attached hydrogens (tertiary/aromatic N) is 1. The van der Waals surface area contributed by atoms with E-state index in [2.05, 4.69) is 72.8 Å². The Balaban J connectivity index is 1.81. The highest BCUT2D eigenvalue weighted by Gasteiger charge is 2.20. The predicted octanol–water partition coefficient (Wildman–Crippen LogP) is 5.57. The van der Waals surface area contributed by atoms with Gasteiger partial charge in [-0.2, -0.15) is 0 Å². The molecule has 0 N–H and O–H groups in total. The second-order valence-electron chi connectivity index (χ2n) is 5.05. The van der Waals surface area contributed by atoms with Gasteiger partial charge in [-0.25, -0.2) is 0 Å². The molecule has 0 fully saturated rings. The van der Waals surface area contributed by atoms with E-state index in [1.165, 1.54) is 25.1 Å². The first-order valence-electron chi connectivity index (χ1n) is 7.23. The molecule has 0 saturated heterocycles. The number of benzene rings is 3. The smallest absolute Gasteiger partial charge is 0.0716 e. The SMILES string of the molecule is c1ccc(CN=S2c3ccccc3Sc3ccccc32)cc1. The van der Waals surface area contributed by atoms with E-state index in [1.54, 1.807) is 0 Å². The molecule has 0 radical (unpaired) electrons. The third kappa shape index (κ3) is 2.62. The molecular formula is C19H15NS2. The topological polar surface area (TPSA) is 12.4 Å². The van der Waals surface area contributed by atoms with Gasteiger partial charge in [0.2, 0.25) is 0 Å². The van der Waals surface area contributed by atoms with E-state index in [1.807, 2.05) is 17.8 Å². The van der Waals surface area contributed by atoms with Gasteiger partial charge in [0.25, 0.3) is 0 Å². The molecule has 1 nitrogen and oxygen atoms in total. The normalized spacial score (nSPS) is 13.3. The Morgan fingerprint density at radius 1 is 0.682 bits per heavy atom. The summed E-state index contributed by atoms with van der Waals surface area (Å²) in [5.74, 6) is 0. The van der Waals surface area contributed by atoms with Crippen LogP contribution in [0, 0.1) is 0 Å². The molecule has 0 saturated carbocycles. The van der Waals surface area contributed by atoms with Gasteiger partial charge < -0.3 is 0 Å². The van der Waals surface area contributed by atoms with Crippen LogP contribution in [0.15, 0.2) is 103 Å². The maximum absolute atomic E-state index is 5.05. The molecule has 0 amide bonds. The summed E-state index contributed by atoms with van der Waals surface area (Å²) in [6.07, 6.45) is 0. The lowest BCUT2D eigenvalue weighted by molar-refractivity contribution is 1.06. The van der Waals surface area contributed by atoms with Gasteiger partial charge in [-0.15, -0.1) is 0 Å². The molecule has 1 aliphatic heterocycles. The molecule has 3 aromatic rings. The van der Waals surface area contributed by atoms with Crippen LogP contribution in [0.4, 0.5) is 0 Å². The summed E-state index contributed by atoms with van der Waals surface area (Å²) in [4.78, 5) is 5.37. The van der Waals surface area contributed by atoms with E-state index in [4.69, 9.17) is 4.36 Å². The van der Waals surface area contributed by atoms with Crippen LogP contribution < -0.4 is 0 Å². The Labute approximate surface area is 137 Å². The van der Waals surface area contributed by atoms with Crippen LogP contribution in [0.25, 0.3) is 0 Å². The average molecular weight is 321 g/mol. The number of hydrogen-bond donors (Lipinski definition) is 0. The van der Waals surface area contributed by atoms with Crippen molar-refractivity contribution in [2.24, 2.45) is 4.36 Å². The quantitative estimate of drug-likeness (QED) is 0.470. The zero-order valence-electron chi connectivity index (χ0n) is 12.0. The van der Waals surface area contributed by atoms with E-state index in [0.29, 0.717) is 0 Å². The summed E-state index contributed by atoms with van der Waals surface area (Å²) in [5.41, 5.74) is 1.27. The van der Waals surface area contributed by atoms with E-state index in [0.717, 1.165) is 6.54 Å². The number of rotatable bonds is 2. The monoisotopic (exact) mass is 321 g/mol. The number of hydrogen-bond acceptors (Lipinski definition) is 2. The minimum absolute atomic E-state index is 0.191. The Bertz CT molecular complexity index is 793. The lowest BCUT2D eigenvalue weighted by Crippen LogP contribution is -2.02. The molecule has 0 bridgehead atoms. The van der Waals surface area contributed by atoms with E-state index < -0.39 is 0 Å². The molecule has 1 aliphatic rings. The molecule has 3 heteroatoms.